The fourth-order valence-electron chi connectivity index (χ4n) is 2.86. The molecule has 0 radical (unpaired) electrons. The zero-order valence-corrected chi connectivity index (χ0v) is 16.6. The summed E-state index contributed by atoms with van der Waals surface area (Å²) in [6.45, 7) is 8.07. The van der Waals surface area contributed by atoms with E-state index >= 15 is 0 Å². The third-order valence-electron chi connectivity index (χ3n) is 3.77. The highest BCUT2D eigenvalue weighted by molar-refractivity contribution is 7.57. The molecule has 0 aliphatic carbocycles. The maximum Gasteiger partial charge on any atom is 0.357 e. The lowest BCUT2D eigenvalue weighted by molar-refractivity contribution is 0.0690. The molecule has 1 aromatic carbocycles. The molecule has 0 N–H and O–H groups in total. The number of hydrogen-bond acceptors (Lipinski definition) is 6. The van der Waals surface area contributed by atoms with Crippen LogP contribution in [-0.2, 0) is 24.8 Å². The fourth-order valence-corrected chi connectivity index (χ4v) is 4.28. The molecule has 0 atom stereocenters. The lowest BCUT2D eigenvalue weighted by atomic mass is 9.90. The Morgan fingerprint density at radius 3 is 2.20 bits per heavy atom. The van der Waals surface area contributed by atoms with Gasteiger partial charge in [0.2, 0.25) is 0 Å². The monoisotopic (exact) mass is 370 g/mol. The van der Waals surface area contributed by atoms with Crippen molar-refractivity contribution in [3.05, 3.63) is 29.1 Å². The van der Waals surface area contributed by atoms with Gasteiger partial charge in [0, 0.05) is 12.0 Å². The molecule has 0 unspecified atom stereocenters. The molecule has 0 spiro atoms. The first-order chi connectivity index (χ1) is 11.8. The van der Waals surface area contributed by atoms with E-state index in [9.17, 15) is 4.57 Å². The van der Waals surface area contributed by atoms with E-state index in [2.05, 4.69) is 0 Å². The van der Waals surface area contributed by atoms with Gasteiger partial charge in [0.1, 0.15) is 11.4 Å². The minimum absolute atomic E-state index is 0.281. The number of benzene rings is 1. The van der Waals surface area contributed by atoms with Gasteiger partial charge in [-0.15, -0.1) is 0 Å². The molecular formula is C18H27O6P. The van der Waals surface area contributed by atoms with Crippen LogP contribution in [0.25, 0.3) is 5.76 Å². The lowest BCUT2D eigenvalue weighted by Gasteiger charge is -2.35. The van der Waals surface area contributed by atoms with Crippen molar-refractivity contribution in [1.29, 1.82) is 0 Å². The quantitative estimate of drug-likeness (QED) is 0.653. The maximum absolute atomic E-state index is 12.9. The summed E-state index contributed by atoms with van der Waals surface area (Å²) in [7, 11) is -0.224. The van der Waals surface area contributed by atoms with Gasteiger partial charge in [-0.05, 0) is 45.4 Å². The number of methoxy groups -OCH3 is 2. The SMILES string of the molecule is CCOP(=O)(/C=C1/OC(C)(C)Cc2cc(OC)c(OC)cc21)OCC. The van der Waals surface area contributed by atoms with E-state index in [1.807, 2.05) is 26.0 Å². The topological polar surface area (TPSA) is 63.2 Å². The molecule has 0 amide bonds. The van der Waals surface area contributed by atoms with Crippen molar-refractivity contribution < 1.29 is 27.8 Å². The average molecular weight is 370 g/mol. The first-order valence-corrected chi connectivity index (χ1v) is 9.94. The van der Waals surface area contributed by atoms with Gasteiger partial charge in [0.25, 0.3) is 0 Å². The number of rotatable bonds is 7. The van der Waals surface area contributed by atoms with Crippen LogP contribution in [0.2, 0.25) is 0 Å². The molecule has 1 aliphatic rings. The molecule has 140 valence electrons. The zero-order chi connectivity index (χ0) is 18.7. The van der Waals surface area contributed by atoms with Crippen LogP contribution in [0, 0.1) is 0 Å². The highest BCUT2D eigenvalue weighted by Crippen LogP contribution is 2.53. The van der Waals surface area contributed by atoms with Gasteiger partial charge < -0.3 is 23.3 Å². The second-order valence-electron chi connectivity index (χ2n) is 6.27. The van der Waals surface area contributed by atoms with Crippen molar-refractivity contribution in [2.24, 2.45) is 0 Å². The molecule has 0 aromatic heterocycles. The second kappa shape index (κ2) is 7.81. The van der Waals surface area contributed by atoms with Crippen molar-refractivity contribution in [2.75, 3.05) is 27.4 Å². The van der Waals surface area contributed by atoms with E-state index in [1.54, 1.807) is 28.1 Å². The Kier molecular flexibility index (Phi) is 6.20. The average Bonchev–Trinajstić information content (AvgIpc) is 2.53. The van der Waals surface area contributed by atoms with Crippen LogP contribution in [0.1, 0.15) is 38.8 Å². The zero-order valence-electron chi connectivity index (χ0n) is 15.8. The Balaban J connectivity index is 2.60. The van der Waals surface area contributed by atoms with Gasteiger partial charge >= 0.3 is 7.60 Å². The van der Waals surface area contributed by atoms with Crippen LogP contribution in [0.5, 0.6) is 11.5 Å². The van der Waals surface area contributed by atoms with Crippen molar-refractivity contribution in [3.63, 3.8) is 0 Å². The smallest absolute Gasteiger partial charge is 0.357 e. The Morgan fingerprint density at radius 1 is 1.12 bits per heavy atom. The molecule has 1 heterocycles. The standard InChI is InChI=1S/C18H27O6P/c1-7-22-25(19,23-8-2)12-17-14-10-16(21-6)15(20-5)9-13(14)11-18(3,4)24-17/h9-10,12H,7-8,11H2,1-6H3/b17-12+. The molecule has 2 rings (SSSR count). The number of fused-ring (bicyclic) bond motifs is 1. The molecule has 0 bridgehead atoms. The second-order valence-corrected chi connectivity index (χ2v) is 8.13. The molecule has 25 heavy (non-hydrogen) atoms. The van der Waals surface area contributed by atoms with Crippen molar-refractivity contribution in [3.8, 4) is 11.5 Å². The summed E-state index contributed by atoms with van der Waals surface area (Å²) in [4.78, 5) is 0. The first-order valence-electron chi connectivity index (χ1n) is 8.33. The molecule has 6 nitrogen and oxygen atoms in total. The van der Waals surface area contributed by atoms with Gasteiger partial charge in [-0.3, -0.25) is 4.57 Å². The minimum Gasteiger partial charge on any atom is -0.493 e. The third-order valence-corrected chi connectivity index (χ3v) is 5.56. The van der Waals surface area contributed by atoms with E-state index in [1.165, 1.54) is 5.82 Å². The van der Waals surface area contributed by atoms with Gasteiger partial charge in [-0.25, -0.2) is 0 Å². The molecule has 0 fully saturated rings. The highest BCUT2D eigenvalue weighted by atomic mass is 31.2. The first kappa shape index (κ1) is 19.8. The largest absolute Gasteiger partial charge is 0.493 e. The predicted octanol–water partition coefficient (Wildman–Crippen LogP) is 4.62. The van der Waals surface area contributed by atoms with Crippen molar-refractivity contribution in [1.82, 2.24) is 0 Å². The van der Waals surface area contributed by atoms with E-state index < -0.39 is 13.2 Å². The Labute approximate surface area is 149 Å². The molecule has 1 aromatic rings. The number of hydrogen-bond donors (Lipinski definition) is 0. The third kappa shape index (κ3) is 4.57. The van der Waals surface area contributed by atoms with Crippen molar-refractivity contribution in [2.45, 2.75) is 39.7 Å². The molecule has 7 heteroatoms. The summed E-state index contributed by atoms with van der Waals surface area (Å²) in [6.07, 6.45) is 0.688. The van der Waals surface area contributed by atoms with E-state index in [0.29, 0.717) is 23.7 Å². The van der Waals surface area contributed by atoms with Crippen LogP contribution < -0.4 is 9.47 Å². The maximum atomic E-state index is 12.9. The van der Waals surface area contributed by atoms with Gasteiger partial charge in [0.15, 0.2) is 11.5 Å². The van der Waals surface area contributed by atoms with Crippen molar-refractivity contribution >= 4 is 13.4 Å². The molecule has 1 aliphatic heterocycles. The summed E-state index contributed by atoms with van der Waals surface area (Å²) in [5.74, 6) is 3.16. The van der Waals surface area contributed by atoms with Gasteiger partial charge in [0.05, 0.1) is 33.3 Å². The fraction of sp³-hybridized carbons (Fsp3) is 0.556. The number of ether oxygens (including phenoxy) is 3. The predicted molar refractivity (Wildman–Crippen MR) is 97.2 cm³/mol. The van der Waals surface area contributed by atoms with Crippen LogP contribution in [0.15, 0.2) is 17.9 Å². The summed E-state index contributed by atoms with van der Waals surface area (Å²) in [5.41, 5.74) is 1.37. The summed E-state index contributed by atoms with van der Waals surface area (Å²) < 4.78 is 40.6. The minimum atomic E-state index is -3.40. The van der Waals surface area contributed by atoms with Gasteiger partial charge in [-0.2, -0.15) is 0 Å². The Morgan fingerprint density at radius 2 is 1.68 bits per heavy atom. The van der Waals surface area contributed by atoms with Crippen LogP contribution >= 0.6 is 7.60 Å². The summed E-state index contributed by atoms with van der Waals surface area (Å²) in [6, 6.07) is 3.76. The summed E-state index contributed by atoms with van der Waals surface area (Å²) in [5, 5.41) is 0. The highest BCUT2D eigenvalue weighted by Gasteiger charge is 2.34. The molecular weight excluding hydrogens is 343 g/mol. The molecule has 0 saturated heterocycles. The van der Waals surface area contributed by atoms with E-state index in [0.717, 1.165) is 11.1 Å². The van der Waals surface area contributed by atoms with E-state index in [-0.39, 0.29) is 13.2 Å². The lowest BCUT2D eigenvalue weighted by Crippen LogP contribution is -2.31. The van der Waals surface area contributed by atoms with E-state index in [4.69, 9.17) is 23.3 Å². The van der Waals surface area contributed by atoms with Gasteiger partial charge in [-0.1, -0.05) is 0 Å². The Bertz CT molecular complexity index is 685. The van der Waals surface area contributed by atoms with Crippen LogP contribution in [-0.4, -0.2) is 33.0 Å². The van der Waals surface area contributed by atoms with Crippen LogP contribution in [0.4, 0.5) is 0 Å². The summed E-state index contributed by atoms with van der Waals surface area (Å²) >= 11 is 0. The normalized spacial score (nSPS) is 17.8. The molecule has 0 saturated carbocycles. The van der Waals surface area contributed by atoms with Crippen LogP contribution in [0.3, 0.4) is 0 Å². The Hall–Kier alpha value is -1.49.